The Kier molecular flexibility index (Phi) is 2.79. The lowest BCUT2D eigenvalue weighted by atomic mass is 9.75. The van der Waals surface area contributed by atoms with Crippen LogP contribution < -0.4 is 0 Å². The van der Waals surface area contributed by atoms with Gasteiger partial charge in [0.1, 0.15) is 0 Å². The molecule has 0 amide bonds. The smallest absolute Gasteiger partial charge is 0.160 e. The maximum Gasteiger partial charge on any atom is 0.160 e. The van der Waals surface area contributed by atoms with Gasteiger partial charge in [0.15, 0.2) is 5.78 Å². The highest BCUT2D eigenvalue weighted by atomic mass is 16.1. The van der Waals surface area contributed by atoms with E-state index in [1.807, 2.05) is 25.2 Å². The molecule has 0 aromatic heterocycles. The average Bonchev–Trinajstić information content (AvgIpc) is 1.93. The van der Waals surface area contributed by atoms with Gasteiger partial charge < -0.3 is 4.90 Å². The topological polar surface area (TPSA) is 20.3 Å². The zero-order valence-electron chi connectivity index (χ0n) is 9.05. The number of ketones is 1. The first-order chi connectivity index (χ1) is 5.91. The Bertz CT molecular complexity index is 238. The van der Waals surface area contributed by atoms with Crippen LogP contribution in [0.1, 0.15) is 33.1 Å². The number of hydrogen-bond donors (Lipinski definition) is 0. The van der Waals surface area contributed by atoms with E-state index in [1.54, 1.807) is 0 Å². The van der Waals surface area contributed by atoms with Crippen LogP contribution in [-0.2, 0) is 4.79 Å². The van der Waals surface area contributed by atoms with Crippen molar-refractivity contribution in [1.82, 2.24) is 4.90 Å². The fourth-order valence-electron chi connectivity index (χ4n) is 1.70. The molecule has 1 aliphatic rings. The molecule has 0 atom stereocenters. The SMILES string of the molecule is CN(C)C=C1CCC(C)(C)CC1=O. The van der Waals surface area contributed by atoms with Crippen molar-refractivity contribution in [2.45, 2.75) is 33.1 Å². The third kappa shape index (κ3) is 2.87. The zero-order chi connectivity index (χ0) is 10.1. The van der Waals surface area contributed by atoms with E-state index < -0.39 is 0 Å². The number of hydrogen-bond acceptors (Lipinski definition) is 2. The summed E-state index contributed by atoms with van der Waals surface area (Å²) in [6.45, 7) is 4.33. The second kappa shape index (κ2) is 3.52. The van der Waals surface area contributed by atoms with Crippen LogP contribution in [0.3, 0.4) is 0 Å². The van der Waals surface area contributed by atoms with E-state index in [9.17, 15) is 4.79 Å². The number of Topliss-reactive ketones (excluding diaryl/α,β-unsaturated/α-hetero) is 1. The van der Waals surface area contributed by atoms with Crippen molar-refractivity contribution in [2.24, 2.45) is 5.41 Å². The minimum atomic E-state index is 0.209. The number of allylic oxidation sites excluding steroid dienone is 1. The van der Waals surface area contributed by atoms with Gasteiger partial charge in [-0.3, -0.25) is 4.79 Å². The first-order valence-corrected chi connectivity index (χ1v) is 4.81. The molecule has 0 aromatic carbocycles. The van der Waals surface area contributed by atoms with Crippen molar-refractivity contribution in [3.8, 4) is 0 Å². The van der Waals surface area contributed by atoms with Gasteiger partial charge in [-0.1, -0.05) is 13.8 Å². The summed E-state index contributed by atoms with van der Waals surface area (Å²) in [7, 11) is 3.92. The zero-order valence-corrected chi connectivity index (χ0v) is 9.05. The molecule has 1 saturated carbocycles. The van der Waals surface area contributed by atoms with Crippen LogP contribution in [0, 0.1) is 5.41 Å². The van der Waals surface area contributed by atoms with Gasteiger partial charge in [-0.05, 0) is 18.3 Å². The monoisotopic (exact) mass is 181 g/mol. The number of rotatable bonds is 1. The minimum absolute atomic E-state index is 0.209. The van der Waals surface area contributed by atoms with E-state index >= 15 is 0 Å². The molecular weight excluding hydrogens is 162 g/mol. The molecule has 0 spiro atoms. The molecule has 0 bridgehead atoms. The molecule has 0 saturated heterocycles. The Morgan fingerprint density at radius 2 is 2.00 bits per heavy atom. The standard InChI is InChI=1S/C11H19NO/c1-11(2)6-5-9(8-12(3)4)10(13)7-11/h8H,5-7H2,1-4H3. The number of carbonyl (C=O) groups excluding carboxylic acids is 1. The second-order valence-electron chi connectivity index (χ2n) is 4.88. The van der Waals surface area contributed by atoms with E-state index in [-0.39, 0.29) is 5.41 Å². The molecular formula is C11H19NO. The van der Waals surface area contributed by atoms with Gasteiger partial charge in [-0.15, -0.1) is 0 Å². The van der Waals surface area contributed by atoms with Crippen LogP contribution in [0.15, 0.2) is 11.8 Å². The molecule has 1 aliphatic carbocycles. The molecule has 2 heteroatoms. The van der Waals surface area contributed by atoms with Crippen LogP contribution >= 0.6 is 0 Å². The molecule has 0 aliphatic heterocycles. The lowest BCUT2D eigenvalue weighted by Crippen LogP contribution is -2.25. The summed E-state index contributed by atoms with van der Waals surface area (Å²) in [5.41, 5.74) is 1.20. The third-order valence-electron chi connectivity index (χ3n) is 2.48. The molecule has 0 unspecified atom stereocenters. The van der Waals surface area contributed by atoms with Crippen molar-refractivity contribution in [3.63, 3.8) is 0 Å². The van der Waals surface area contributed by atoms with E-state index in [0.717, 1.165) is 18.4 Å². The summed E-state index contributed by atoms with van der Waals surface area (Å²) < 4.78 is 0. The second-order valence-corrected chi connectivity index (χ2v) is 4.88. The number of carbonyl (C=O) groups is 1. The molecule has 0 N–H and O–H groups in total. The van der Waals surface area contributed by atoms with Crippen LogP contribution in [0.5, 0.6) is 0 Å². The van der Waals surface area contributed by atoms with E-state index in [4.69, 9.17) is 0 Å². The predicted octanol–water partition coefficient (Wildman–Crippen LogP) is 2.21. The Labute approximate surface area is 80.6 Å². The fraction of sp³-hybridized carbons (Fsp3) is 0.727. The summed E-state index contributed by atoms with van der Waals surface area (Å²) in [4.78, 5) is 13.6. The summed E-state index contributed by atoms with van der Waals surface area (Å²) in [6.07, 6.45) is 4.71. The van der Waals surface area contributed by atoms with Crippen molar-refractivity contribution in [1.29, 1.82) is 0 Å². The van der Waals surface area contributed by atoms with E-state index in [1.165, 1.54) is 0 Å². The average molecular weight is 181 g/mol. The van der Waals surface area contributed by atoms with Crippen molar-refractivity contribution < 1.29 is 4.79 Å². The fourth-order valence-corrected chi connectivity index (χ4v) is 1.70. The highest BCUT2D eigenvalue weighted by Gasteiger charge is 2.29. The number of nitrogens with zero attached hydrogens (tertiary/aromatic N) is 1. The molecule has 0 aromatic rings. The molecule has 74 valence electrons. The van der Waals surface area contributed by atoms with Gasteiger partial charge in [-0.2, -0.15) is 0 Å². The lowest BCUT2D eigenvalue weighted by Gasteiger charge is -2.30. The van der Waals surface area contributed by atoms with Crippen molar-refractivity contribution in [2.75, 3.05) is 14.1 Å². The molecule has 1 fully saturated rings. The first kappa shape index (κ1) is 10.3. The van der Waals surface area contributed by atoms with Crippen LogP contribution in [0.4, 0.5) is 0 Å². The highest BCUT2D eigenvalue weighted by molar-refractivity contribution is 5.96. The van der Waals surface area contributed by atoms with Gasteiger partial charge >= 0.3 is 0 Å². The molecule has 1 rings (SSSR count). The molecule has 2 nitrogen and oxygen atoms in total. The molecule has 13 heavy (non-hydrogen) atoms. The highest BCUT2D eigenvalue weighted by Crippen LogP contribution is 2.35. The van der Waals surface area contributed by atoms with Gasteiger partial charge in [0, 0.05) is 32.3 Å². The first-order valence-electron chi connectivity index (χ1n) is 4.81. The molecule has 0 radical (unpaired) electrons. The Balaban J connectivity index is 2.70. The quantitative estimate of drug-likeness (QED) is 0.578. The normalized spacial score (nSPS) is 24.9. The van der Waals surface area contributed by atoms with Gasteiger partial charge in [-0.25, -0.2) is 0 Å². The van der Waals surface area contributed by atoms with Crippen LogP contribution in [0.2, 0.25) is 0 Å². The van der Waals surface area contributed by atoms with Gasteiger partial charge in [0.2, 0.25) is 0 Å². The summed E-state index contributed by atoms with van der Waals surface area (Å²) >= 11 is 0. The lowest BCUT2D eigenvalue weighted by molar-refractivity contribution is -0.118. The van der Waals surface area contributed by atoms with Crippen molar-refractivity contribution >= 4 is 5.78 Å². The summed E-state index contributed by atoms with van der Waals surface area (Å²) in [5, 5.41) is 0. The largest absolute Gasteiger partial charge is 0.383 e. The molecule has 0 heterocycles. The van der Waals surface area contributed by atoms with Crippen LogP contribution in [-0.4, -0.2) is 24.8 Å². The van der Waals surface area contributed by atoms with E-state index in [0.29, 0.717) is 12.2 Å². The van der Waals surface area contributed by atoms with Gasteiger partial charge in [0.05, 0.1) is 0 Å². The third-order valence-corrected chi connectivity index (χ3v) is 2.48. The maximum absolute atomic E-state index is 11.7. The Hall–Kier alpha value is -0.790. The minimum Gasteiger partial charge on any atom is -0.383 e. The predicted molar refractivity (Wildman–Crippen MR) is 54.4 cm³/mol. The van der Waals surface area contributed by atoms with Crippen molar-refractivity contribution in [3.05, 3.63) is 11.8 Å². The van der Waals surface area contributed by atoms with Crippen LogP contribution in [0.25, 0.3) is 0 Å². The summed E-state index contributed by atoms with van der Waals surface area (Å²) in [5.74, 6) is 0.324. The maximum atomic E-state index is 11.7. The Morgan fingerprint density at radius 3 is 2.46 bits per heavy atom. The van der Waals surface area contributed by atoms with E-state index in [2.05, 4.69) is 13.8 Å². The Morgan fingerprint density at radius 1 is 1.38 bits per heavy atom. The summed E-state index contributed by atoms with van der Waals surface area (Å²) in [6, 6.07) is 0. The van der Waals surface area contributed by atoms with Gasteiger partial charge in [0.25, 0.3) is 0 Å².